The molecule has 8 heteroatoms. The summed E-state index contributed by atoms with van der Waals surface area (Å²) in [5.41, 5.74) is 0.233. The molecule has 0 aromatic carbocycles. The van der Waals surface area contributed by atoms with Crippen LogP contribution in [0.1, 0.15) is 65.7 Å². The standard InChI is InChI=1S/C15H16ClN5O2/c1-8-17-7-10(16)12(18-8)15(22)21-6-2-3-11(21)13-19-14(23-20-13)9-4-5-9/h7,9,11H,2-6H2,1H3/t11-/m0/s1. The van der Waals surface area contributed by atoms with E-state index in [1.54, 1.807) is 11.8 Å². The van der Waals surface area contributed by atoms with Gasteiger partial charge in [-0.2, -0.15) is 4.98 Å². The van der Waals surface area contributed by atoms with Gasteiger partial charge in [0, 0.05) is 12.5 Å². The van der Waals surface area contributed by atoms with Crippen molar-refractivity contribution in [2.24, 2.45) is 0 Å². The molecule has 1 saturated carbocycles. The predicted molar refractivity (Wildman–Crippen MR) is 81.1 cm³/mol. The highest BCUT2D eigenvalue weighted by Gasteiger charge is 2.37. The molecule has 1 amide bonds. The van der Waals surface area contributed by atoms with Gasteiger partial charge in [-0.1, -0.05) is 16.8 Å². The number of aromatic nitrogens is 4. The Hall–Kier alpha value is -2.02. The Morgan fingerprint density at radius 2 is 2.17 bits per heavy atom. The van der Waals surface area contributed by atoms with E-state index in [-0.39, 0.29) is 22.7 Å². The van der Waals surface area contributed by atoms with Crippen LogP contribution in [0.2, 0.25) is 5.02 Å². The van der Waals surface area contributed by atoms with Gasteiger partial charge in [0.2, 0.25) is 5.89 Å². The smallest absolute Gasteiger partial charge is 0.274 e. The molecule has 1 saturated heterocycles. The fourth-order valence-corrected chi connectivity index (χ4v) is 3.07. The van der Waals surface area contributed by atoms with E-state index in [0.717, 1.165) is 25.7 Å². The first-order valence-electron chi connectivity index (χ1n) is 7.77. The molecule has 1 aliphatic carbocycles. The van der Waals surface area contributed by atoms with E-state index in [9.17, 15) is 4.79 Å². The van der Waals surface area contributed by atoms with Gasteiger partial charge >= 0.3 is 0 Å². The molecule has 120 valence electrons. The van der Waals surface area contributed by atoms with Crippen molar-refractivity contribution in [1.29, 1.82) is 0 Å². The van der Waals surface area contributed by atoms with E-state index in [1.165, 1.54) is 6.20 Å². The molecule has 0 unspecified atom stereocenters. The van der Waals surface area contributed by atoms with Crippen molar-refractivity contribution in [2.45, 2.75) is 44.6 Å². The maximum Gasteiger partial charge on any atom is 0.274 e. The maximum atomic E-state index is 12.8. The molecule has 2 aliphatic rings. The minimum absolute atomic E-state index is 0.176. The molecule has 1 atom stereocenters. The van der Waals surface area contributed by atoms with Crippen LogP contribution >= 0.6 is 11.6 Å². The SMILES string of the molecule is Cc1ncc(Cl)c(C(=O)N2CCC[C@H]2c2noc(C3CC3)n2)n1. The zero-order valence-electron chi connectivity index (χ0n) is 12.7. The Morgan fingerprint density at radius 1 is 1.35 bits per heavy atom. The second kappa shape index (κ2) is 5.56. The number of nitrogens with zero attached hydrogens (tertiary/aromatic N) is 5. The molecule has 0 bridgehead atoms. The van der Waals surface area contributed by atoms with Gasteiger partial charge in [-0.3, -0.25) is 4.79 Å². The summed E-state index contributed by atoms with van der Waals surface area (Å²) in [4.78, 5) is 27.2. The number of hydrogen-bond acceptors (Lipinski definition) is 6. The lowest BCUT2D eigenvalue weighted by molar-refractivity contribution is 0.0722. The van der Waals surface area contributed by atoms with E-state index in [4.69, 9.17) is 16.1 Å². The number of aryl methyl sites for hydroxylation is 1. The summed E-state index contributed by atoms with van der Waals surface area (Å²) in [5.74, 6) is 1.99. The second-order valence-corrected chi connectivity index (χ2v) is 6.44. The Bertz CT molecular complexity index is 758. The zero-order valence-corrected chi connectivity index (χ0v) is 13.5. The highest BCUT2D eigenvalue weighted by atomic mass is 35.5. The van der Waals surface area contributed by atoms with Crippen LogP contribution in [0.3, 0.4) is 0 Å². The highest BCUT2D eigenvalue weighted by molar-refractivity contribution is 6.33. The molecule has 0 radical (unpaired) electrons. The average molecular weight is 334 g/mol. The van der Waals surface area contributed by atoms with E-state index < -0.39 is 0 Å². The van der Waals surface area contributed by atoms with Gasteiger partial charge in [0.15, 0.2) is 11.5 Å². The molecule has 3 heterocycles. The maximum absolute atomic E-state index is 12.8. The van der Waals surface area contributed by atoms with Gasteiger partial charge in [-0.25, -0.2) is 9.97 Å². The lowest BCUT2D eigenvalue weighted by Gasteiger charge is -2.22. The van der Waals surface area contributed by atoms with Crippen molar-refractivity contribution in [1.82, 2.24) is 25.0 Å². The lowest BCUT2D eigenvalue weighted by atomic mass is 10.2. The summed E-state index contributed by atoms with van der Waals surface area (Å²) in [6.07, 6.45) is 5.37. The summed E-state index contributed by atoms with van der Waals surface area (Å²) in [7, 11) is 0. The molecule has 2 fully saturated rings. The molecule has 2 aromatic heterocycles. The predicted octanol–water partition coefficient (Wildman–Crippen LogP) is 2.68. The third kappa shape index (κ3) is 2.69. The first-order chi connectivity index (χ1) is 11.1. The first kappa shape index (κ1) is 14.6. The number of hydrogen-bond donors (Lipinski definition) is 0. The van der Waals surface area contributed by atoms with Gasteiger partial charge in [0.25, 0.3) is 5.91 Å². The fraction of sp³-hybridized carbons (Fsp3) is 0.533. The average Bonchev–Trinajstić information content (AvgIpc) is 3.09. The minimum atomic E-state index is -0.208. The zero-order chi connectivity index (χ0) is 16.0. The number of carbonyl (C=O) groups is 1. The van der Waals surface area contributed by atoms with Crippen molar-refractivity contribution in [3.8, 4) is 0 Å². The fourth-order valence-electron chi connectivity index (χ4n) is 2.90. The molecule has 0 N–H and O–H groups in total. The molecular formula is C15H16ClN5O2. The highest BCUT2D eigenvalue weighted by Crippen LogP contribution is 2.40. The number of likely N-dealkylation sites (tertiary alicyclic amines) is 1. The van der Waals surface area contributed by atoms with E-state index >= 15 is 0 Å². The molecule has 7 nitrogen and oxygen atoms in total. The van der Waals surface area contributed by atoms with E-state index in [2.05, 4.69) is 20.1 Å². The monoisotopic (exact) mass is 333 g/mol. The summed E-state index contributed by atoms with van der Waals surface area (Å²) in [5, 5.41) is 4.34. The van der Waals surface area contributed by atoms with Crippen molar-refractivity contribution in [3.63, 3.8) is 0 Å². The van der Waals surface area contributed by atoms with Gasteiger partial charge in [-0.05, 0) is 32.6 Å². The van der Waals surface area contributed by atoms with Crippen molar-refractivity contribution in [2.75, 3.05) is 6.54 Å². The molecule has 23 heavy (non-hydrogen) atoms. The summed E-state index contributed by atoms with van der Waals surface area (Å²) in [6, 6.07) is -0.176. The number of halogens is 1. The van der Waals surface area contributed by atoms with Crippen LogP contribution in [-0.2, 0) is 0 Å². The largest absolute Gasteiger partial charge is 0.339 e. The Morgan fingerprint density at radius 3 is 2.96 bits per heavy atom. The van der Waals surface area contributed by atoms with E-state index in [1.807, 2.05) is 0 Å². The summed E-state index contributed by atoms with van der Waals surface area (Å²) in [6.45, 7) is 2.37. The first-order valence-corrected chi connectivity index (χ1v) is 8.15. The molecule has 4 rings (SSSR count). The third-order valence-electron chi connectivity index (χ3n) is 4.26. The van der Waals surface area contributed by atoms with Crippen LogP contribution in [0.15, 0.2) is 10.7 Å². The van der Waals surface area contributed by atoms with Crippen LogP contribution in [0.25, 0.3) is 0 Å². The van der Waals surface area contributed by atoms with Crippen LogP contribution in [0.4, 0.5) is 0 Å². The quantitative estimate of drug-likeness (QED) is 0.858. The van der Waals surface area contributed by atoms with Crippen LogP contribution < -0.4 is 0 Å². The Labute approximate surface area is 138 Å². The number of carbonyl (C=O) groups excluding carboxylic acids is 1. The third-order valence-corrected chi connectivity index (χ3v) is 4.54. The molecule has 1 aliphatic heterocycles. The van der Waals surface area contributed by atoms with Gasteiger partial charge in [-0.15, -0.1) is 0 Å². The van der Waals surface area contributed by atoms with Gasteiger partial charge < -0.3 is 9.42 Å². The van der Waals surface area contributed by atoms with Crippen LogP contribution in [0, 0.1) is 6.92 Å². The van der Waals surface area contributed by atoms with Gasteiger partial charge in [0.1, 0.15) is 5.82 Å². The minimum Gasteiger partial charge on any atom is -0.339 e. The van der Waals surface area contributed by atoms with Gasteiger partial charge in [0.05, 0.1) is 17.3 Å². The molecule has 2 aromatic rings. The topological polar surface area (TPSA) is 85.0 Å². The normalized spacial score (nSPS) is 21.0. The van der Waals surface area contributed by atoms with Crippen LogP contribution in [0.5, 0.6) is 0 Å². The van der Waals surface area contributed by atoms with Crippen molar-refractivity contribution in [3.05, 3.63) is 34.5 Å². The number of amides is 1. The molecule has 0 spiro atoms. The van der Waals surface area contributed by atoms with Crippen molar-refractivity contribution >= 4 is 17.5 Å². The lowest BCUT2D eigenvalue weighted by Crippen LogP contribution is -2.32. The van der Waals surface area contributed by atoms with Crippen molar-refractivity contribution < 1.29 is 9.32 Å². The summed E-state index contributed by atoms with van der Waals surface area (Å²) >= 11 is 6.09. The number of rotatable bonds is 3. The Kier molecular flexibility index (Phi) is 3.52. The van der Waals surface area contributed by atoms with Crippen LogP contribution in [-0.4, -0.2) is 37.5 Å². The second-order valence-electron chi connectivity index (χ2n) is 6.04. The Balaban J connectivity index is 1.61. The van der Waals surface area contributed by atoms with E-state index in [0.29, 0.717) is 30.0 Å². The summed E-state index contributed by atoms with van der Waals surface area (Å²) < 4.78 is 5.33. The molecular weight excluding hydrogens is 318 g/mol.